The van der Waals surface area contributed by atoms with Crippen LogP contribution in [0.25, 0.3) is 0 Å². The van der Waals surface area contributed by atoms with Crippen molar-refractivity contribution in [2.75, 3.05) is 0 Å². The van der Waals surface area contributed by atoms with Crippen LogP contribution in [0.3, 0.4) is 0 Å². The van der Waals surface area contributed by atoms with Crippen LogP contribution in [0.4, 0.5) is 0 Å². The maximum Gasteiger partial charge on any atom is 0.290 e. The van der Waals surface area contributed by atoms with Crippen molar-refractivity contribution >= 4 is 10.1 Å². The highest BCUT2D eigenvalue weighted by Gasteiger charge is 2.07. The van der Waals surface area contributed by atoms with Crippen LogP contribution in [0.2, 0.25) is 0 Å². The molecule has 4 heteroatoms. The van der Waals surface area contributed by atoms with Crippen LogP contribution in [0.1, 0.15) is 6.42 Å². The first-order chi connectivity index (χ1) is 3.98. The van der Waals surface area contributed by atoms with E-state index >= 15 is 0 Å². The molecule has 0 bridgehead atoms. The SMILES string of the molecule is C#CCC(=C)S(=O)(=O)O. The Kier molecular flexibility index (Phi) is 2.43. The van der Waals surface area contributed by atoms with Crippen LogP contribution in [-0.4, -0.2) is 13.0 Å². The summed E-state index contributed by atoms with van der Waals surface area (Å²) in [5, 5.41) is 0. The smallest absolute Gasteiger partial charge is 0.282 e. The number of terminal acetylenes is 1. The summed E-state index contributed by atoms with van der Waals surface area (Å²) in [5.41, 5.74) is 0. The van der Waals surface area contributed by atoms with Crippen LogP contribution in [-0.2, 0) is 10.1 Å². The summed E-state index contributed by atoms with van der Waals surface area (Å²) in [6.45, 7) is 3.04. The van der Waals surface area contributed by atoms with Crippen molar-refractivity contribution in [3.63, 3.8) is 0 Å². The van der Waals surface area contributed by atoms with Crippen LogP contribution in [0.5, 0.6) is 0 Å². The molecule has 0 spiro atoms. The van der Waals surface area contributed by atoms with Gasteiger partial charge in [-0.3, -0.25) is 4.55 Å². The minimum atomic E-state index is -4.10. The van der Waals surface area contributed by atoms with Gasteiger partial charge in [0.15, 0.2) is 0 Å². The van der Waals surface area contributed by atoms with Gasteiger partial charge in [0.2, 0.25) is 0 Å². The Morgan fingerprint density at radius 3 is 2.33 bits per heavy atom. The fourth-order valence-corrected chi connectivity index (χ4v) is 0.471. The molecule has 0 heterocycles. The molecule has 0 aliphatic rings. The van der Waals surface area contributed by atoms with E-state index in [2.05, 4.69) is 6.58 Å². The molecule has 9 heavy (non-hydrogen) atoms. The van der Waals surface area contributed by atoms with E-state index in [1.165, 1.54) is 0 Å². The Labute approximate surface area is 54.1 Å². The monoisotopic (exact) mass is 146 g/mol. The number of rotatable bonds is 2. The molecule has 0 aromatic carbocycles. The molecule has 0 aliphatic carbocycles. The average molecular weight is 146 g/mol. The third-order valence-corrected chi connectivity index (χ3v) is 1.54. The number of hydrogen-bond donors (Lipinski definition) is 1. The van der Waals surface area contributed by atoms with E-state index in [1.807, 2.05) is 5.92 Å². The van der Waals surface area contributed by atoms with Crippen molar-refractivity contribution in [3.8, 4) is 12.3 Å². The lowest BCUT2D eigenvalue weighted by atomic mass is 10.4. The van der Waals surface area contributed by atoms with Crippen LogP contribution in [0, 0.1) is 12.3 Å². The fraction of sp³-hybridized carbons (Fsp3) is 0.200. The predicted molar refractivity (Wildman–Crippen MR) is 34.1 cm³/mol. The Hall–Kier alpha value is -0.790. The molecule has 1 N–H and O–H groups in total. The third-order valence-electron chi connectivity index (χ3n) is 0.664. The predicted octanol–water partition coefficient (Wildman–Crippen LogP) is 0.411. The summed E-state index contributed by atoms with van der Waals surface area (Å²) in [5.74, 6) is 2.04. The zero-order valence-electron chi connectivity index (χ0n) is 4.66. The quantitative estimate of drug-likeness (QED) is 0.453. The fourth-order valence-electron chi connectivity index (χ4n) is 0.205. The standard InChI is InChI=1S/C5H6O3S/c1-3-4-5(2)9(6,7)8/h1H,2,4H2,(H,6,7,8). The van der Waals surface area contributed by atoms with Crippen molar-refractivity contribution in [2.45, 2.75) is 6.42 Å². The Morgan fingerprint density at radius 1 is 1.78 bits per heavy atom. The zero-order valence-corrected chi connectivity index (χ0v) is 5.48. The lowest BCUT2D eigenvalue weighted by Crippen LogP contribution is -1.98. The highest BCUT2D eigenvalue weighted by molar-refractivity contribution is 7.89. The summed E-state index contributed by atoms with van der Waals surface area (Å²) >= 11 is 0. The van der Waals surface area contributed by atoms with E-state index in [0.717, 1.165) is 0 Å². The minimum Gasteiger partial charge on any atom is -0.282 e. The second-order valence-corrected chi connectivity index (χ2v) is 2.92. The van der Waals surface area contributed by atoms with Crippen molar-refractivity contribution in [1.82, 2.24) is 0 Å². The lowest BCUT2D eigenvalue weighted by molar-refractivity contribution is 0.490. The summed E-state index contributed by atoms with van der Waals surface area (Å²) in [7, 11) is -4.10. The van der Waals surface area contributed by atoms with E-state index in [-0.39, 0.29) is 11.3 Å². The lowest BCUT2D eigenvalue weighted by Gasteiger charge is -1.92. The maximum absolute atomic E-state index is 10.1. The molecule has 0 aromatic heterocycles. The molecular formula is C5H6O3S. The highest BCUT2D eigenvalue weighted by Crippen LogP contribution is 2.03. The van der Waals surface area contributed by atoms with E-state index < -0.39 is 10.1 Å². The van der Waals surface area contributed by atoms with E-state index in [1.54, 1.807) is 0 Å². The maximum atomic E-state index is 10.1. The average Bonchev–Trinajstić information content (AvgIpc) is 1.64. The van der Waals surface area contributed by atoms with Crippen molar-refractivity contribution in [2.24, 2.45) is 0 Å². The van der Waals surface area contributed by atoms with Crippen LogP contribution in [0.15, 0.2) is 11.5 Å². The molecule has 0 saturated heterocycles. The van der Waals surface area contributed by atoms with Gasteiger partial charge in [-0.05, 0) is 0 Å². The van der Waals surface area contributed by atoms with Crippen molar-refractivity contribution in [3.05, 3.63) is 11.5 Å². The highest BCUT2D eigenvalue weighted by atomic mass is 32.2. The van der Waals surface area contributed by atoms with Gasteiger partial charge in [0.25, 0.3) is 10.1 Å². The largest absolute Gasteiger partial charge is 0.290 e. The van der Waals surface area contributed by atoms with Gasteiger partial charge in [0.05, 0.1) is 4.91 Å². The second-order valence-electron chi connectivity index (χ2n) is 1.39. The van der Waals surface area contributed by atoms with Gasteiger partial charge in [-0.1, -0.05) is 6.58 Å². The van der Waals surface area contributed by atoms with Gasteiger partial charge in [0.1, 0.15) is 0 Å². The molecule has 0 fully saturated rings. The van der Waals surface area contributed by atoms with Gasteiger partial charge in [0, 0.05) is 6.42 Å². The summed E-state index contributed by atoms with van der Waals surface area (Å²) in [4.78, 5) is -0.343. The molecule has 3 nitrogen and oxygen atoms in total. The normalized spacial score (nSPS) is 10.2. The second kappa shape index (κ2) is 2.67. The number of hydrogen-bond acceptors (Lipinski definition) is 2. The zero-order chi connectivity index (χ0) is 7.49. The molecule has 0 atom stereocenters. The van der Waals surface area contributed by atoms with Gasteiger partial charge in [-0.15, -0.1) is 12.3 Å². The van der Waals surface area contributed by atoms with E-state index in [4.69, 9.17) is 11.0 Å². The minimum absolute atomic E-state index is 0.140. The van der Waals surface area contributed by atoms with E-state index in [0.29, 0.717) is 0 Å². The first-order valence-electron chi connectivity index (χ1n) is 2.07. The van der Waals surface area contributed by atoms with E-state index in [9.17, 15) is 8.42 Å². The van der Waals surface area contributed by atoms with Crippen molar-refractivity contribution < 1.29 is 13.0 Å². The Bertz CT molecular complexity index is 242. The van der Waals surface area contributed by atoms with Crippen LogP contribution < -0.4 is 0 Å². The van der Waals surface area contributed by atoms with Gasteiger partial charge in [-0.25, -0.2) is 0 Å². The molecule has 0 unspecified atom stereocenters. The van der Waals surface area contributed by atoms with Gasteiger partial charge in [-0.2, -0.15) is 8.42 Å². The molecule has 50 valence electrons. The molecule has 0 amide bonds. The van der Waals surface area contributed by atoms with Gasteiger partial charge >= 0.3 is 0 Å². The van der Waals surface area contributed by atoms with Crippen molar-refractivity contribution in [1.29, 1.82) is 0 Å². The molecular weight excluding hydrogens is 140 g/mol. The number of allylic oxidation sites excluding steroid dienone is 1. The van der Waals surface area contributed by atoms with Crippen LogP contribution >= 0.6 is 0 Å². The third kappa shape index (κ3) is 2.90. The molecule has 0 radical (unpaired) electrons. The molecule has 0 saturated carbocycles. The summed E-state index contributed by atoms with van der Waals surface area (Å²) in [6.07, 6.45) is 4.60. The molecule has 0 rings (SSSR count). The first-order valence-corrected chi connectivity index (χ1v) is 3.51. The summed E-state index contributed by atoms with van der Waals surface area (Å²) < 4.78 is 28.4. The molecule has 0 aromatic rings. The Balaban J connectivity index is 4.30. The molecule has 0 aliphatic heterocycles. The summed E-state index contributed by atoms with van der Waals surface area (Å²) in [6, 6.07) is 0. The first kappa shape index (κ1) is 8.21. The van der Waals surface area contributed by atoms with Gasteiger partial charge < -0.3 is 0 Å². The topological polar surface area (TPSA) is 54.4 Å². The Morgan fingerprint density at radius 2 is 2.22 bits per heavy atom.